The molecule has 3 aromatic heterocycles. The summed E-state index contributed by atoms with van der Waals surface area (Å²) in [6.07, 6.45) is 0. The molecule has 0 atom stereocenters. The molecule has 4 nitrogen and oxygen atoms in total. The predicted octanol–water partition coefficient (Wildman–Crippen LogP) is 14.3. The summed E-state index contributed by atoms with van der Waals surface area (Å²) in [7, 11) is 0. The van der Waals surface area contributed by atoms with Crippen molar-refractivity contribution in [3.05, 3.63) is 194 Å². The average molecular weight is 757 g/mol. The second kappa shape index (κ2) is 13.1. The summed E-state index contributed by atoms with van der Waals surface area (Å²) in [5, 5.41) is 9.88. The van der Waals surface area contributed by atoms with Gasteiger partial charge in [0.2, 0.25) is 0 Å². The van der Waals surface area contributed by atoms with Crippen LogP contribution < -0.4 is 0 Å². The van der Waals surface area contributed by atoms with E-state index in [2.05, 4.69) is 162 Å². The number of aromatic nitrogens is 4. The zero-order chi connectivity index (χ0) is 38.2. The Labute approximate surface area is 338 Å². The van der Waals surface area contributed by atoms with E-state index in [9.17, 15) is 0 Å². The van der Waals surface area contributed by atoms with E-state index in [1.165, 1.54) is 63.5 Å². The van der Waals surface area contributed by atoms with Crippen LogP contribution in [0.25, 0.3) is 115 Å². The molecule has 0 bridgehead atoms. The van der Waals surface area contributed by atoms with Gasteiger partial charge in [-0.3, -0.25) is 0 Å². The second-order valence-corrected chi connectivity index (χ2v) is 15.9. The summed E-state index contributed by atoms with van der Waals surface area (Å²) in [6, 6.07) is 69.4. The third-order valence-electron chi connectivity index (χ3n) is 11.4. The Morgan fingerprint density at radius 3 is 1.66 bits per heavy atom. The minimum absolute atomic E-state index is 0.627. The SMILES string of the molecule is c1ccc(-c2nc(-c3ccccc3)nc(-c3ccc(-n4c5cc6ccccc6cc5c5ccc6ccccc6c54)c(-c4ccc5c(c4)sc4ccccc45)c3)n2)cc1. The van der Waals surface area contributed by atoms with E-state index in [1.807, 2.05) is 47.7 Å². The second-order valence-electron chi connectivity index (χ2n) is 14.8. The van der Waals surface area contributed by atoms with Crippen LogP contribution in [0, 0.1) is 0 Å². The number of rotatable bonds is 5. The minimum atomic E-state index is 0.627. The van der Waals surface area contributed by atoms with Crippen molar-refractivity contribution in [2.24, 2.45) is 0 Å². The van der Waals surface area contributed by atoms with Crippen LogP contribution in [0.2, 0.25) is 0 Å². The molecule has 270 valence electrons. The molecule has 0 radical (unpaired) electrons. The molecular weight excluding hydrogens is 725 g/mol. The molecule has 5 heteroatoms. The van der Waals surface area contributed by atoms with Crippen LogP contribution in [0.4, 0.5) is 0 Å². The summed E-state index contributed by atoms with van der Waals surface area (Å²) in [5.41, 5.74) is 8.49. The lowest BCUT2D eigenvalue weighted by molar-refractivity contribution is 1.07. The van der Waals surface area contributed by atoms with Crippen LogP contribution in [0.5, 0.6) is 0 Å². The molecule has 58 heavy (non-hydrogen) atoms. The zero-order valence-electron chi connectivity index (χ0n) is 31.2. The largest absolute Gasteiger partial charge is 0.308 e. The van der Waals surface area contributed by atoms with Gasteiger partial charge in [-0.15, -0.1) is 11.3 Å². The van der Waals surface area contributed by atoms with Crippen molar-refractivity contribution in [2.75, 3.05) is 0 Å². The first-order valence-electron chi connectivity index (χ1n) is 19.5. The predicted molar refractivity (Wildman–Crippen MR) is 244 cm³/mol. The highest BCUT2D eigenvalue weighted by molar-refractivity contribution is 7.25. The van der Waals surface area contributed by atoms with E-state index in [0.717, 1.165) is 33.5 Å². The number of hydrogen-bond donors (Lipinski definition) is 0. The van der Waals surface area contributed by atoms with Crippen molar-refractivity contribution in [2.45, 2.75) is 0 Å². The number of benzene rings is 9. The molecule has 0 aliphatic rings. The molecule has 12 aromatic rings. The molecular formula is C53H32N4S. The number of nitrogens with zero attached hydrogens (tertiary/aromatic N) is 4. The molecule has 0 spiro atoms. The van der Waals surface area contributed by atoms with Crippen LogP contribution in [0.15, 0.2) is 194 Å². The monoisotopic (exact) mass is 756 g/mol. The number of hydrogen-bond acceptors (Lipinski definition) is 4. The third-order valence-corrected chi connectivity index (χ3v) is 12.5. The summed E-state index contributed by atoms with van der Waals surface area (Å²) in [5.74, 6) is 1.91. The first-order chi connectivity index (χ1) is 28.7. The van der Waals surface area contributed by atoms with Crippen LogP contribution in [0.3, 0.4) is 0 Å². The molecule has 0 saturated carbocycles. The molecule has 0 fully saturated rings. The maximum atomic E-state index is 5.15. The molecule has 12 rings (SSSR count). The molecule has 9 aromatic carbocycles. The Kier molecular flexibility index (Phi) is 7.37. The average Bonchev–Trinajstić information content (AvgIpc) is 3.83. The van der Waals surface area contributed by atoms with Gasteiger partial charge in [0.15, 0.2) is 17.5 Å². The summed E-state index contributed by atoms with van der Waals surface area (Å²) >= 11 is 1.84. The van der Waals surface area contributed by atoms with E-state index in [4.69, 9.17) is 15.0 Å². The third kappa shape index (κ3) is 5.25. The summed E-state index contributed by atoms with van der Waals surface area (Å²) in [4.78, 5) is 15.3. The van der Waals surface area contributed by atoms with Crippen LogP contribution in [0.1, 0.15) is 0 Å². The van der Waals surface area contributed by atoms with E-state index in [1.54, 1.807) is 0 Å². The Balaban J connectivity index is 1.18. The fourth-order valence-corrected chi connectivity index (χ4v) is 9.79. The highest BCUT2D eigenvalue weighted by atomic mass is 32.1. The van der Waals surface area contributed by atoms with Gasteiger partial charge in [-0.1, -0.05) is 152 Å². The molecule has 0 aliphatic carbocycles. The summed E-state index contributed by atoms with van der Waals surface area (Å²) < 4.78 is 5.04. The Hall–Kier alpha value is -7.47. The Morgan fingerprint density at radius 1 is 0.345 bits per heavy atom. The van der Waals surface area contributed by atoms with Gasteiger partial charge in [-0.2, -0.15) is 0 Å². The lowest BCUT2D eigenvalue weighted by atomic mass is 9.98. The van der Waals surface area contributed by atoms with Gasteiger partial charge in [0.1, 0.15) is 0 Å². The molecule has 0 N–H and O–H groups in total. The summed E-state index contributed by atoms with van der Waals surface area (Å²) in [6.45, 7) is 0. The van der Waals surface area contributed by atoms with Crippen molar-refractivity contribution in [3.63, 3.8) is 0 Å². The van der Waals surface area contributed by atoms with Crippen molar-refractivity contribution < 1.29 is 0 Å². The van der Waals surface area contributed by atoms with E-state index in [-0.39, 0.29) is 0 Å². The van der Waals surface area contributed by atoms with E-state index in [0.29, 0.717) is 17.5 Å². The van der Waals surface area contributed by atoms with E-state index >= 15 is 0 Å². The Morgan fingerprint density at radius 2 is 0.914 bits per heavy atom. The fourth-order valence-electron chi connectivity index (χ4n) is 8.65. The minimum Gasteiger partial charge on any atom is -0.308 e. The van der Waals surface area contributed by atoms with Crippen molar-refractivity contribution in [3.8, 4) is 51.0 Å². The van der Waals surface area contributed by atoms with Gasteiger partial charge in [0.05, 0.1) is 16.7 Å². The Bertz CT molecular complexity index is 3510. The van der Waals surface area contributed by atoms with Crippen LogP contribution in [-0.4, -0.2) is 19.5 Å². The quantitative estimate of drug-likeness (QED) is 0.176. The molecule has 3 heterocycles. The van der Waals surface area contributed by atoms with Gasteiger partial charge in [0, 0.05) is 58.6 Å². The van der Waals surface area contributed by atoms with Crippen LogP contribution >= 0.6 is 11.3 Å². The molecule has 0 aliphatic heterocycles. The normalized spacial score (nSPS) is 11.8. The number of fused-ring (bicyclic) bond motifs is 9. The van der Waals surface area contributed by atoms with Crippen LogP contribution in [-0.2, 0) is 0 Å². The lowest BCUT2D eigenvalue weighted by Crippen LogP contribution is -2.02. The lowest BCUT2D eigenvalue weighted by Gasteiger charge is -2.17. The fraction of sp³-hybridized carbons (Fsp3) is 0. The van der Waals surface area contributed by atoms with Gasteiger partial charge in [0.25, 0.3) is 0 Å². The maximum Gasteiger partial charge on any atom is 0.164 e. The zero-order valence-corrected chi connectivity index (χ0v) is 32.0. The van der Waals surface area contributed by atoms with Gasteiger partial charge in [-0.25, -0.2) is 15.0 Å². The van der Waals surface area contributed by atoms with Gasteiger partial charge in [-0.05, 0) is 64.2 Å². The first-order valence-corrected chi connectivity index (χ1v) is 20.3. The van der Waals surface area contributed by atoms with E-state index < -0.39 is 0 Å². The number of thiophene rings is 1. The molecule has 0 unspecified atom stereocenters. The van der Waals surface area contributed by atoms with Crippen molar-refractivity contribution >= 4 is 74.9 Å². The maximum absolute atomic E-state index is 5.15. The highest BCUT2D eigenvalue weighted by Gasteiger charge is 2.21. The standard InChI is InChI=1S/C53H32N4S/c1-3-14-34(15-4-1)51-54-52(35-16-5-2-6-17-35)56-53(55-51)39-25-28-46(44(30-39)38-24-26-42-41-21-11-12-22-48(41)58-49(42)32-38)57-47-31-37-19-8-7-18-36(37)29-45(47)43-27-23-33-13-9-10-20-40(33)50(43)57/h1-32H. The highest BCUT2D eigenvalue weighted by Crippen LogP contribution is 2.43. The molecule has 0 amide bonds. The van der Waals surface area contributed by atoms with Crippen molar-refractivity contribution in [1.29, 1.82) is 0 Å². The topological polar surface area (TPSA) is 43.6 Å². The van der Waals surface area contributed by atoms with Gasteiger partial charge >= 0.3 is 0 Å². The molecule has 0 saturated heterocycles. The first kappa shape index (κ1) is 32.7. The van der Waals surface area contributed by atoms with Crippen molar-refractivity contribution in [1.82, 2.24) is 19.5 Å². The smallest absolute Gasteiger partial charge is 0.164 e. The van der Waals surface area contributed by atoms with Gasteiger partial charge < -0.3 is 4.57 Å².